The molecule has 0 atom stereocenters. The molecule has 3 aromatic carbocycles. The van der Waals surface area contributed by atoms with Gasteiger partial charge in [0.15, 0.2) is 0 Å². The highest BCUT2D eigenvalue weighted by molar-refractivity contribution is 6.09. The quantitative estimate of drug-likeness (QED) is 0.373. The second-order valence-corrected chi connectivity index (χ2v) is 7.67. The summed E-state index contributed by atoms with van der Waals surface area (Å²) < 4.78 is 16.1. The molecule has 0 saturated carbocycles. The molecule has 0 bridgehead atoms. The third-order valence-corrected chi connectivity index (χ3v) is 5.52. The van der Waals surface area contributed by atoms with E-state index in [1.54, 1.807) is 21.3 Å². The number of ether oxygens (including phenoxy) is 3. The summed E-state index contributed by atoms with van der Waals surface area (Å²) in [6, 6.07) is 18.0. The number of methoxy groups -OCH3 is 2. The SMILES string of the molecule is CNC(=O)OCCc1cccc(Nc2c3ccc(OC)cc3nc3cc(OC)c(C)cc23)c1. The number of fused-ring (bicyclic) bond motifs is 2. The maximum atomic E-state index is 11.3. The van der Waals surface area contributed by atoms with Gasteiger partial charge in [0, 0.05) is 42.1 Å². The highest BCUT2D eigenvalue weighted by Gasteiger charge is 2.13. The molecule has 0 fully saturated rings. The Kier molecular flexibility index (Phi) is 6.49. The van der Waals surface area contributed by atoms with E-state index in [2.05, 4.69) is 22.8 Å². The number of nitrogens with one attached hydrogen (secondary N) is 2. The molecule has 4 aromatic rings. The molecule has 1 heterocycles. The summed E-state index contributed by atoms with van der Waals surface area (Å²) in [6.07, 6.45) is 0.189. The highest BCUT2D eigenvalue weighted by Crippen LogP contribution is 2.37. The monoisotopic (exact) mass is 445 g/mol. The number of anilines is 2. The van der Waals surface area contributed by atoms with E-state index >= 15 is 0 Å². The largest absolute Gasteiger partial charge is 0.497 e. The van der Waals surface area contributed by atoms with Gasteiger partial charge in [0.25, 0.3) is 0 Å². The molecular weight excluding hydrogens is 418 g/mol. The van der Waals surface area contributed by atoms with Crippen molar-refractivity contribution in [3.63, 3.8) is 0 Å². The van der Waals surface area contributed by atoms with Crippen LogP contribution in [0, 0.1) is 6.92 Å². The minimum absolute atomic E-state index is 0.309. The van der Waals surface area contributed by atoms with Gasteiger partial charge in [-0.3, -0.25) is 0 Å². The predicted octanol–water partition coefficient (Wildman–Crippen LogP) is 5.36. The molecule has 170 valence electrons. The summed E-state index contributed by atoms with van der Waals surface area (Å²) in [5, 5.41) is 8.04. The first-order valence-electron chi connectivity index (χ1n) is 10.7. The van der Waals surface area contributed by atoms with Gasteiger partial charge in [-0.2, -0.15) is 0 Å². The molecule has 7 heteroatoms. The van der Waals surface area contributed by atoms with Gasteiger partial charge in [-0.05, 0) is 48.4 Å². The van der Waals surface area contributed by atoms with Crippen molar-refractivity contribution in [3.05, 3.63) is 65.7 Å². The van der Waals surface area contributed by atoms with Crippen LogP contribution in [0.25, 0.3) is 21.8 Å². The maximum Gasteiger partial charge on any atom is 0.406 e. The van der Waals surface area contributed by atoms with E-state index in [9.17, 15) is 4.79 Å². The Hall–Kier alpha value is -4.00. The standard InChI is InChI=1S/C26H27N3O4/c1-16-12-21-23(15-24(16)32-4)29-22-14-19(31-3)8-9-20(22)25(21)28-18-7-5-6-17(13-18)10-11-33-26(30)27-2/h5-9,12-15H,10-11H2,1-4H3,(H,27,30)(H,28,29). The fourth-order valence-corrected chi connectivity index (χ4v) is 3.82. The smallest absolute Gasteiger partial charge is 0.406 e. The molecule has 0 spiro atoms. The number of hydrogen-bond donors (Lipinski definition) is 2. The van der Waals surface area contributed by atoms with Crippen molar-refractivity contribution in [1.82, 2.24) is 10.3 Å². The zero-order valence-electron chi connectivity index (χ0n) is 19.2. The van der Waals surface area contributed by atoms with E-state index in [-0.39, 0.29) is 0 Å². The van der Waals surface area contributed by atoms with E-state index in [1.807, 2.05) is 49.4 Å². The summed E-state index contributed by atoms with van der Waals surface area (Å²) in [4.78, 5) is 16.2. The molecule has 33 heavy (non-hydrogen) atoms. The van der Waals surface area contributed by atoms with Crippen molar-refractivity contribution < 1.29 is 19.0 Å². The van der Waals surface area contributed by atoms with Crippen LogP contribution in [0.5, 0.6) is 11.5 Å². The molecule has 1 amide bonds. The van der Waals surface area contributed by atoms with E-state index in [4.69, 9.17) is 19.2 Å². The number of hydrogen-bond acceptors (Lipinski definition) is 6. The molecule has 7 nitrogen and oxygen atoms in total. The molecular formula is C26H27N3O4. The predicted molar refractivity (Wildman–Crippen MR) is 131 cm³/mol. The third-order valence-electron chi connectivity index (χ3n) is 5.52. The number of pyridine rings is 1. The van der Waals surface area contributed by atoms with Crippen LogP contribution in [0.2, 0.25) is 0 Å². The summed E-state index contributed by atoms with van der Waals surface area (Å²) in [5.41, 5.74) is 5.64. The van der Waals surface area contributed by atoms with E-state index < -0.39 is 6.09 Å². The summed E-state index contributed by atoms with van der Waals surface area (Å²) in [7, 11) is 4.85. The first-order chi connectivity index (χ1) is 16.0. The van der Waals surface area contributed by atoms with Crippen molar-refractivity contribution >= 4 is 39.3 Å². The van der Waals surface area contributed by atoms with Gasteiger partial charge >= 0.3 is 6.09 Å². The lowest BCUT2D eigenvalue weighted by molar-refractivity contribution is 0.150. The number of carbonyl (C=O) groups excluding carboxylic acids is 1. The number of aromatic nitrogens is 1. The van der Waals surface area contributed by atoms with Gasteiger partial charge in [0.05, 0.1) is 37.5 Å². The fraction of sp³-hybridized carbons (Fsp3) is 0.231. The van der Waals surface area contributed by atoms with Crippen LogP contribution in [-0.4, -0.2) is 39.0 Å². The second kappa shape index (κ2) is 9.65. The fourth-order valence-electron chi connectivity index (χ4n) is 3.82. The van der Waals surface area contributed by atoms with Gasteiger partial charge in [-0.15, -0.1) is 0 Å². The number of benzene rings is 3. The minimum Gasteiger partial charge on any atom is -0.497 e. The van der Waals surface area contributed by atoms with Gasteiger partial charge in [-0.25, -0.2) is 9.78 Å². The van der Waals surface area contributed by atoms with E-state index in [0.29, 0.717) is 13.0 Å². The highest BCUT2D eigenvalue weighted by atomic mass is 16.5. The Balaban J connectivity index is 1.76. The number of amides is 1. The Morgan fingerprint density at radius 3 is 2.55 bits per heavy atom. The van der Waals surface area contributed by atoms with Crippen molar-refractivity contribution in [2.45, 2.75) is 13.3 Å². The first kappa shape index (κ1) is 22.2. The lowest BCUT2D eigenvalue weighted by Gasteiger charge is -2.16. The average Bonchev–Trinajstić information content (AvgIpc) is 2.83. The van der Waals surface area contributed by atoms with Gasteiger partial charge in [0.2, 0.25) is 0 Å². The zero-order chi connectivity index (χ0) is 23.4. The van der Waals surface area contributed by atoms with Gasteiger partial charge in [-0.1, -0.05) is 12.1 Å². The number of aryl methyl sites for hydroxylation is 1. The van der Waals surface area contributed by atoms with Crippen LogP contribution in [0.15, 0.2) is 54.6 Å². The van der Waals surface area contributed by atoms with Crippen molar-refractivity contribution in [1.29, 1.82) is 0 Å². The Morgan fingerprint density at radius 1 is 0.970 bits per heavy atom. The maximum absolute atomic E-state index is 11.3. The molecule has 0 aliphatic heterocycles. The van der Waals surface area contributed by atoms with Crippen LogP contribution < -0.4 is 20.1 Å². The van der Waals surface area contributed by atoms with Crippen LogP contribution in [0.1, 0.15) is 11.1 Å². The van der Waals surface area contributed by atoms with Crippen molar-refractivity contribution in [2.24, 2.45) is 0 Å². The van der Waals surface area contributed by atoms with E-state index in [1.165, 1.54) is 0 Å². The van der Waals surface area contributed by atoms with Crippen LogP contribution in [0.4, 0.5) is 16.2 Å². The second-order valence-electron chi connectivity index (χ2n) is 7.67. The summed E-state index contributed by atoms with van der Waals surface area (Å²) in [6.45, 7) is 2.33. The average molecular weight is 446 g/mol. The Bertz CT molecular complexity index is 1320. The topological polar surface area (TPSA) is 81.7 Å². The van der Waals surface area contributed by atoms with E-state index in [0.717, 1.165) is 55.8 Å². The number of rotatable bonds is 7. The minimum atomic E-state index is -0.430. The van der Waals surface area contributed by atoms with Gasteiger partial charge < -0.3 is 24.8 Å². The molecule has 0 saturated heterocycles. The number of carbonyl (C=O) groups is 1. The lowest BCUT2D eigenvalue weighted by Crippen LogP contribution is -2.20. The van der Waals surface area contributed by atoms with Crippen LogP contribution in [0.3, 0.4) is 0 Å². The number of nitrogens with zero attached hydrogens (tertiary/aromatic N) is 1. The Morgan fingerprint density at radius 2 is 1.79 bits per heavy atom. The van der Waals surface area contributed by atoms with Crippen LogP contribution >= 0.6 is 0 Å². The van der Waals surface area contributed by atoms with Gasteiger partial charge in [0.1, 0.15) is 11.5 Å². The molecule has 0 aliphatic carbocycles. The summed E-state index contributed by atoms with van der Waals surface area (Å²) >= 11 is 0. The molecule has 1 aromatic heterocycles. The zero-order valence-corrected chi connectivity index (χ0v) is 19.2. The van der Waals surface area contributed by atoms with Crippen molar-refractivity contribution in [2.75, 3.05) is 33.2 Å². The first-order valence-corrected chi connectivity index (χ1v) is 10.7. The summed E-state index contributed by atoms with van der Waals surface area (Å²) in [5.74, 6) is 1.54. The normalized spacial score (nSPS) is 10.8. The molecule has 0 unspecified atom stereocenters. The lowest BCUT2D eigenvalue weighted by atomic mass is 10.0. The van der Waals surface area contributed by atoms with Crippen LogP contribution in [-0.2, 0) is 11.2 Å². The third kappa shape index (κ3) is 4.77. The van der Waals surface area contributed by atoms with Crippen molar-refractivity contribution in [3.8, 4) is 11.5 Å². The molecule has 0 aliphatic rings. The molecule has 2 N–H and O–H groups in total. The number of alkyl carbamates (subject to hydrolysis) is 1. The molecule has 4 rings (SSSR count). The molecule has 0 radical (unpaired) electrons. The Labute approximate surface area is 192 Å².